The van der Waals surface area contributed by atoms with Gasteiger partial charge >= 0.3 is 0 Å². The Morgan fingerprint density at radius 2 is 1.67 bits per heavy atom. The Morgan fingerprint density at radius 3 is 2.48 bits per heavy atom. The highest BCUT2D eigenvalue weighted by Gasteiger charge is 2.20. The molecule has 0 aliphatic rings. The molecule has 33 heavy (non-hydrogen) atoms. The highest BCUT2D eigenvalue weighted by molar-refractivity contribution is 6.31. The number of nitrogens with zero attached hydrogens (tertiary/aromatic N) is 1. The minimum absolute atomic E-state index is 0.560. The van der Waals surface area contributed by atoms with Gasteiger partial charge in [-0.1, -0.05) is 78.3 Å². The maximum absolute atomic E-state index is 11.0. The maximum Gasteiger partial charge on any atom is 0.0843 e. The zero-order chi connectivity index (χ0) is 23.4. The number of rotatable bonds is 7. The van der Waals surface area contributed by atoms with E-state index in [1.807, 2.05) is 91.0 Å². The van der Waals surface area contributed by atoms with Crippen LogP contribution in [0, 0.1) is 0 Å². The highest BCUT2D eigenvalue weighted by Crippen LogP contribution is 2.28. The standard InChI is InChI=1S/C29H28ClNO2/c1-29(2,33)26-10-6-4-8-21(26)14-18-28(32)25-9-5-3-7-20(25)12-16-24-17-13-22-11-15-23(30)19-27(22)31-24/h3-13,15-17,19,28,32-33H,14,18H2,1-2H3/b16-12+/t28-/m1/s1. The van der Waals surface area contributed by atoms with Crippen molar-refractivity contribution in [3.8, 4) is 0 Å². The summed E-state index contributed by atoms with van der Waals surface area (Å²) < 4.78 is 0. The minimum atomic E-state index is -0.917. The largest absolute Gasteiger partial charge is 0.388 e. The Labute approximate surface area is 200 Å². The first-order valence-electron chi connectivity index (χ1n) is 11.1. The first-order valence-corrected chi connectivity index (χ1v) is 11.5. The summed E-state index contributed by atoms with van der Waals surface area (Å²) in [6, 6.07) is 25.4. The van der Waals surface area contributed by atoms with Gasteiger partial charge in [0.05, 0.1) is 22.9 Å². The topological polar surface area (TPSA) is 53.4 Å². The van der Waals surface area contributed by atoms with E-state index in [-0.39, 0.29) is 0 Å². The Hall–Kier alpha value is -2.98. The Bertz CT molecular complexity index is 1290. The first-order chi connectivity index (χ1) is 15.8. The van der Waals surface area contributed by atoms with Gasteiger partial charge in [0, 0.05) is 10.4 Å². The van der Waals surface area contributed by atoms with Crippen molar-refractivity contribution in [1.82, 2.24) is 4.98 Å². The molecule has 1 heterocycles. The average molecular weight is 458 g/mol. The highest BCUT2D eigenvalue weighted by atomic mass is 35.5. The number of aryl methyl sites for hydroxylation is 1. The van der Waals surface area contributed by atoms with E-state index in [0.717, 1.165) is 38.9 Å². The Balaban J connectivity index is 1.53. The van der Waals surface area contributed by atoms with Gasteiger partial charge in [-0.2, -0.15) is 0 Å². The van der Waals surface area contributed by atoms with Crippen LogP contribution < -0.4 is 0 Å². The number of halogens is 1. The Morgan fingerprint density at radius 1 is 0.939 bits per heavy atom. The molecule has 0 spiro atoms. The quantitative estimate of drug-likeness (QED) is 0.315. The molecule has 3 nitrogen and oxygen atoms in total. The summed E-state index contributed by atoms with van der Waals surface area (Å²) in [5, 5.41) is 23.2. The van der Waals surface area contributed by atoms with Crippen LogP contribution >= 0.6 is 11.6 Å². The molecule has 4 heteroatoms. The number of fused-ring (bicyclic) bond motifs is 1. The second-order valence-corrected chi connectivity index (χ2v) is 9.24. The van der Waals surface area contributed by atoms with E-state index in [4.69, 9.17) is 11.6 Å². The summed E-state index contributed by atoms with van der Waals surface area (Å²) in [7, 11) is 0. The van der Waals surface area contributed by atoms with Crippen molar-refractivity contribution in [3.63, 3.8) is 0 Å². The molecule has 4 aromatic rings. The van der Waals surface area contributed by atoms with E-state index in [2.05, 4.69) is 4.98 Å². The van der Waals surface area contributed by atoms with Gasteiger partial charge in [0.15, 0.2) is 0 Å². The van der Waals surface area contributed by atoms with E-state index < -0.39 is 11.7 Å². The van der Waals surface area contributed by atoms with E-state index in [1.54, 1.807) is 13.8 Å². The van der Waals surface area contributed by atoms with E-state index >= 15 is 0 Å². The predicted octanol–water partition coefficient (Wildman–Crippen LogP) is 6.95. The van der Waals surface area contributed by atoms with Crippen LogP contribution in [0.1, 0.15) is 54.3 Å². The van der Waals surface area contributed by atoms with Gasteiger partial charge in [-0.05, 0) is 73.2 Å². The molecule has 0 radical (unpaired) electrons. The van der Waals surface area contributed by atoms with Crippen LogP contribution in [-0.4, -0.2) is 15.2 Å². The second-order valence-electron chi connectivity index (χ2n) is 8.81. The summed E-state index contributed by atoms with van der Waals surface area (Å²) in [4.78, 5) is 4.68. The SMILES string of the molecule is CC(C)(O)c1ccccc1CC[C@@H](O)c1ccccc1/C=C/c1ccc2ccc(Cl)cc2n1. The summed E-state index contributed by atoms with van der Waals surface area (Å²) in [5.74, 6) is 0. The molecule has 0 saturated carbocycles. The van der Waals surface area contributed by atoms with Crippen LogP contribution in [0.3, 0.4) is 0 Å². The van der Waals surface area contributed by atoms with Crippen LogP contribution in [0.5, 0.6) is 0 Å². The lowest BCUT2D eigenvalue weighted by molar-refractivity contribution is 0.0772. The lowest BCUT2D eigenvalue weighted by Crippen LogP contribution is -2.18. The van der Waals surface area contributed by atoms with Gasteiger partial charge < -0.3 is 10.2 Å². The average Bonchev–Trinajstić information content (AvgIpc) is 2.80. The summed E-state index contributed by atoms with van der Waals surface area (Å²) in [6.07, 6.45) is 4.55. The van der Waals surface area contributed by atoms with Gasteiger partial charge in [0.2, 0.25) is 0 Å². The molecule has 1 atom stereocenters. The molecule has 168 valence electrons. The first kappa shape index (κ1) is 23.2. The van der Waals surface area contributed by atoms with E-state index in [9.17, 15) is 10.2 Å². The van der Waals surface area contributed by atoms with Crippen LogP contribution in [0.15, 0.2) is 78.9 Å². The van der Waals surface area contributed by atoms with Crippen molar-refractivity contribution in [1.29, 1.82) is 0 Å². The second kappa shape index (κ2) is 9.88. The van der Waals surface area contributed by atoms with Gasteiger partial charge in [0.1, 0.15) is 0 Å². The number of hydrogen-bond acceptors (Lipinski definition) is 3. The molecule has 1 aromatic heterocycles. The van der Waals surface area contributed by atoms with Gasteiger partial charge in [-0.25, -0.2) is 4.98 Å². The number of aromatic nitrogens is 1. The smallest absolute Gasteiger partial charge is 0.0843 e. The molecule has 2 N–H and O–H groups in total. The third-order valence-electron chi connectivity index (χ3n) is 5.83. The van der Waals surface area contributed by atoms with Crippen molar-refractivity contribution >= 4 is 34.7 Å². The third kappa shape index (κ3) is 5.69. The molecule has 0 bridgehead atoms. The lowest BCUT2D eigenvalue weighted by atomic mass is 9.89. The minimum Gasteiger partial charge on any atom is -0.388 e. The van der Waals surface area contributed by atoms with Gasteiger partial charge in [-0.3, -0.25) is 0 Å². The molecule has 0 aliphatic heterocycles. The molecule has 0 aliphatic carbocycles. The van der Waals surface area contributed by atoms with E-state index in [1.165, 1.54) is 0 Å². The molecule has 4 rings (SSSR count). The molecule has 0 amide bonds. The number of benzene rings is 3. The zero-order valence-corrected chi connectivity index (χ0v) is 19.6. The fourth-order valence-electron chi connectivity index (χ4n) is 4.12. The summed E-state index contributed by atoms with van der Waals surface area (Å²) >= 11 is 6.11. The van der Waals surface area contributed by atoms with E-state index in [0.29, 0.717) is 17.9 Å². The maximum atomic E-state index is 11.0. The molecule has 0 fully saturated rings. The van der Waals surface area contributed by atoms with Crippen molar-refractivity contribution in [3.05, 3.63) is 112 Å². The van der Waals surface area contributed by atoms with Crippen molar-refractivity contribution < 1.29 is 10.2 Å². The van der Waals surface area contributed by atoms with Crippen molar-refractivity contribution in [2.45, 2.75) is 38.4 Å². The van der Waals surface area contributed by atoms with Crippen LogP contribution in [0.25, 0.3) is 23.1 Å². The molecule has 0 unspecified atom stereocenters. The summed E-state index contributed by atoms with van der Waals surface area (Å²) in [5.41, 5.74) is 4.53. The van der Waals surface area contributed by atoms with Crippen LogP contribution in [0.2, 0.25) is 5.02 Å². The Kier molecular flexibility index (Phi) is 6.94. The third-order valence-corrected chi connectivity index (χ3v) is 6.06. The lowest BCUT2D eigenvalue weighted by Gasteiger charge is -2.22. The fraction of sp³-hybridized carbons (Fsp3) is 0.207. The van der Waals surface area contributed by atoms with Crippen molar-refractivity contribution in [2.75, 3.05) is 0 Å². The number of hydrogen-bond donors (Lipinski definition) is 2. The van der Waals surface area contributed by atoms with Crippen molar-refractivity contribution in [2.24, 2.45) is 0 Å². The molecular formula is C29H28ClNO2. The zero-order valence-electron chi connectivity index (χ0n) is 18.9. The molecule has 3 aromatic carbocycles. The molecular weight excluding hydrogens is 430 g/mol. The molecule has 0 saturated heterocycles. The summed E-state index contributed by atoms with van der Waals surface area (Å²) in [6.45, 7) is 3.58. The predicted molar refractivity (Wildman–Crippen MR) is 137 cm³/mol. The van der Waals surface area contributed by atoms with Gasteiger partial charge in [-0.15, -0.1) is 0 Å². The normalized spacial score (nSPS) is 13.0. The van der Waals surface area contributed by atoms with Gasteiger partial charge in [0.25, 0.3) is 0 Å². The fourth-order valence-corrected chi connectivity index (χ4v) is 4.29. The van der Waals surface area contributed by atoms with Crippen LogP contribution in [-0.2, 0) is 12.0 Å². The number of pyridine rings is 1. The number of aliphatic hydroxyl groups is 2. The monoisotopic (exact) mass is 457 g/mol. The number of aliphatic hydroxyl groups excluding tert-OH is 1. The van der Waals surface area contributed by atoms with Crippen LogP contribution in [0.4, 0.5) is 0 Å².